The summed E-state index contributed by atoms with van der Waals surface area (Å²) in [4.78, 5) is 0.718. The van der Waals surface area contributed by atoms with Crippen LogP contribution in [0.25, 0.3) is 32.7 Å². The molecule has 1 saturated carbocycles. The molecule has 16 heteroatoms. The van der Waals surface area contributed by atoms with Crippen molar-refractivity contribution in [2.45, 2.75) is 80.0 Å². The molecule has 0 aliphatic heterocycles. The highest BCUT2D eigenvalue weighted by Gasteiger charge is 2.26. The van der Waals surface area contributed by atoms with E-state index in [0.717, 1.165) is 64.3 Å². The molecule has 0 spiro atoms. The number of benzene rings is 8. The van der Waals surface area contributed by atoms with Crippen molar-refractivity contribution in [3.05, 3.63) is 195 Å². The largest absolute Gasteiger partial charge is 0.280 e. The topological polar surface area (TPSA) is 139 Å². The van der Waals surface area contributed by atoms with Gasteiger partial charge in [-0.05, 0) is 150 Å². The lowest BCUT2D eigenvalue weighted by molar-refractivity contribution is 0.297. The van der Waals surface area contributed by atoms with E-state index in [1.165, 1.54) is 12.8 Å². The van der Waals surface area contributed by atoms with Crippen LogP contribution in [-0.4, -0.2) is 31.3 Å². The van der Waals surface area contributed by atoms with Gasteiger partial charge in [-0.25, -0.2) is 30.0 Å². The number of fused-ring (bicyclic) bond motifs is 2. The Labute approximate surface area is 437 Å². The quantitative estimate of drug-likeness (QED) is 0.111. The van der Waals surface area contributed by atoms with Crippen LogP contribution in [0.4, 0.5) is 11.4 Å². The lowest BCUT2D eigenvalue weighted by Crippen LogP contribution is -2.37. The van der Waals surface area contributed by atoms with E-state index >= 15 is 0 Å². The van der Waals surface area contributed by atoms with E-state index in [4.69, 9.17) is 46.4 Å². The lowest BCUT2D eigenvalue weighted by Gasteiger charge is -2.28. The van der Waals surface area contributed by atoms with Crippen molar-refractivity contribution in [2.24, 2.45) is 5.92 Å². The predicted octanol–water partition coefficient (Wildman–Crippen LogP) is 15.5. The van der Waals surface area contributed by atoms with E-state index in [0.29, 0.717) is 47.5 Å². The van der Waals surface area contributed by atoms with E-state index in [2.05, 4.69) is 21.1 Å². The maximum absolute atomic E-state index is 12.6. The van der Waals surface area contributed by atoms with E-state index in [9.17, 15) is 25.3 Å². The highest BCUT2D eigenvalue weighted by atomic mass is 35.5. The molecule has 9 rings (SSSR count). The first-order chi connectivity index (χ1) is 33.8. The molecule has 0 saturated heterocycles. The zero-order valence-corrected chi connectivity index (χ0v) is 44.6. The predicted molar refractivity (Wildman–Crippen MR) is 295 cm³/mol. The molecular formula is C55H53Cl4N3O6S3. The van der Waals surface area contributed by atoms with Gasteiger partial charge in [0.05, 0.1) is 26.1 Å². The Morgan fingerprint density at radius 1 is 0.437 bits per heavy atom. The number of sulfonamides is 3. The molecule has 1 fully saturated rings. The first-order valence-corrected chi connectivity index (χ1v) is 28.9. The van der Waals surface area contributed by atoms with Crippen LogP contribution in [-0.2, 0) is 30.1 Å². The smallest absolute Gasteiger partial charge is 0.261 e. The molecule has 8 aromatic carbocycles. The highest BCUT2D eigenvalue weighted by Crippen LogP contribution is 2.33. The van der Waals surface area contributed by atoms with Gasteiger partial charge < -0.3 is 0 Å². The van der Waals surface area contributed by atoms with E-state index in [1.807, 2.05) is 84.9 Å². The normalized spacial score (nSPS) is 15.0. The summed E-state index contributed by atoms with van der Waals surface area (Å²) in [5.41, 5.74) is 4.05. The molecule has 0 unspecified atom stereocenters. The zero-order chi connectivity index (χ0) is 50.9. The van der Waals surface area contributed by atoms with Crippen molar-refractivity contribution in [1.29, 1.82) is 0 Å². The third kappa shape index (κ3) is 14.1. The van der Waals surface area contributed by atoms with E-state index < -0.39 is 30.1 Å². The van der Waals surface area contributed by atoms with Crippen molar-refractivity contribution in [3.8, 4) is 11.1 Å². The minimum Gasteiger partial charge on any atom is -0.280 e. The van der Waals surface area contributed by atoms with Gasteiger partial charge in [0, 0.05) is 26.1 Å². The second-order valence-corrected chi connectivity index (χ2v) is 24.1. The van der Waals surface area contributed by atoms with Crippen LogP contribution in [0.3, 0.4) is 0 Å². The number of nitrogens with one attached hydrogen (secondary N) is 3. The second-order valence-electron chi connectivity index (χ2n) is 17.4. The molecule has 1 aliphatic rings. The SMILES string of the molecule is CCCC1CCC(NS(=O)(=O)c2ccc3ccccc3c2)CC1.Cc1c(Cl)cc(NS(=O)(=O)c2ccc(-c3ccccc3)cc2)cc1Cl.Cc1c(Cl)cc(NS(=O)(=O)c2ccc3ccccc3c2)cc1Cl. The molecule has 0 radical (unpaired) electrons. The summed E-state index contributed by atoms with van der Waals surface area (Å²) < 4.78 is 83.4. The number of hydrogen-bond acceptors (Lipinski definition) is 6. The van der Waals surface area contributed by atoms with Gasteiger partial charge in [0.1, 0.15) is 0 Å². The minimum atomic E-state index is -3.73. The standard InChI is InChI=1S/C19H15Cl2NO2S.C19H25NO2S.C17H13Cl2NO2S/c1-13-18(20)11-16(12-19(13)21)22-25(23,24)17-9-7-15(8-10-17)14-5-3-2-4-6-14;1-2-5-15-8-11-18(12-9-15)20-23(21,22)19-13-10-16-6-3-4-7-17(16)14-19;1-11-16(18)9-14(10-17(11)19)20-23(21,22)15-7-6-12-4-2-3-5-13(12)8-15/h2-12,22H,1H3;3-4,6-7,10,13-15,18,20H,2,5,8-9,11-12H2,1H3;2-10,20H,1H3. The van der Waals surface area contributed by atoms with Gasteiger partial charge in [-0.2, -0.15) is 0 Å². The lowest BCUT2D eigenvalue weighted by atomic mass is 9.84. The molecular weight excluding hydrogens is 1040 g/mol. The summed E-state index contributed by atoms with van der Waals surface area (Å²) in [6.45, 7) is 5.76. The maximum Gasteiger partial charge on any atom is 0.261 e. The van der Waals surface area contributed by atoms with Gasteiger partial charge in [-0.1, -0.05) is 169 Å². The fraction of sp³-hybridized carbons (Fsp3) is 0.200. The Bertz CT molecular complexity index is 3460. The van der Waals surface area contributed by atoms with Crippen molar-refractivity contribution < 1.29 is 25.3 Å². The minimum absolute atomic E-state index is 0.0829. The fourth-order valence-electron chi connectivity index (χ4n) is 8.23. The molecule has 71 heavy (non-hydrogen) atoms. The Morgan fingerprint density at radius 3 is 1.27 bits per heavy atom. The van der Waals surface area contributed by atoms with Crippen molar-refractivity contribution in [2.75, 3.05) is 9.44 Å². The molecule has 0 heterocycles. The number of anilines is 2. The zero-order valence-electron chi connectivity index (χ0n) is 39.2. The van der Waals surface area contributed by atoms with Gasteiger partial charge in [-0.3, -0.25) is 9.44 Å². The van der Waals surface area contributed by atoms with Crippen LogP contribution in [0.2, 0.25) is 20.1 Å². The van der Waals surface area contributed by atoms with Gasteiger partial charge in [-0.15, -0.1) is 0 Å². The fourth-order valence-corrected chi connectivity index (χ4v) is 12.7. The van der Waals surface area contributed by atoms with Crippen molar-refractivity contribution >= 4 is 109 Å². The first-order valence-electron chi connectivity index (χ1n) is 22.9. The summed E-state index contributed by atoms with van der Waals surface area (Å²) in [7, 11) is -10.9. The Kier molecular flexibility index (Phi) is 17.8. The first kappa shape index (κ1) is 53.6. The summed E-state index contributed by atoms with van der Waals surface area (Å²) in [6, 6.07) is 48.4. The third-order valence-electron chi connectivity index (χ3n) is 12.3. The van der Waals surface area contributed by atoms with Gasteiger partial charge in [0.2, 0.25) is 10.0 Å². The summed E-state index contributed by atoms with van der Waals surface area (Å²) in [5.74, 6) is 0.779. The molecule has 370 valence electrons. The summed E-state index contributed by atoms with van der Waals surface area (Å²) in [6.07, 6.45) is 6.68. The van der Waals surface area contributed by atoms with Crippen LogP contribution in [0.1, 0.15) is 56.6 Å². The van der Waals surface area contributed by atoms with Gasteiger partial charge in [0.15, 0.2) is 0 Å². The Hall–Kier alpha value is -5.15. The van der Waals surface area contributed by atoms with Crippen LogP contribution in [0, 0.1) is 19.8 Å². The second kappa shape index (κ2) is 23.6. The van der Waals surface area contributed by atoms with Crippen molar-refractivity contribution in [3.63, 3.8) is 0 Å². The van der Waals surface area contributed by atoms with E-state index in [-0.39, 0.29) is 15.8 Å². The maximum atomic E-state index is 12.6. The average molecular weight is 1090 g/mol. The molecule has 0 bridgehead atoms. The Morgan fingerprint density at radius 2 is 0.817 bits per heavy atom. The van der Waals surface area contributed by atoms with Crippen LogP contribution in [0.5, 0.6) is 0 Å². The monoisotopic (exact) mass is 1090 g/mol. The molecule has 3 N–H and O–H groups in total. The molecule has 1 aliphatic carbocycles. The summed E-state index contributed by atoms with van der Waals surface area (Å²) >= 11 is 24.2. The molecule has 0 amide bonds. The average Bonchev–Trinajstić information content (AvgIpc) is 3.35. The van der Waals surface area contributed by atoms with Gasteiger partial charge in [0.25, 0.3) is 20.0 Å². The molecule has 8 aromatic rings. The highest BCUT2D eigenvalue weighted by molar-refractivity contribution is 7.93. The molecule has 0 aromatic heterocycles. The van der Waals surface area contributed by atoms with Gasteiger partial charge >= 0.3 is 0 Å². The molecule has 9 nitrogen and oxygen atoms in total. The van der Waals surface area contributed by atoms with Crippen LogP contribution >= 0.6 is 46.4 Å². The number of rotatable bonds is 12. The van der Waals surface area contributed by atoms with E-state index in [1.54, 1.807) is 92.7 Å². The molecule has 0 atom stereocenters. The van der Waals surface area contributed by atoms with Crippen LogP contribution < -0.4 is 14.2 Å². The van der Waals surface area contributed by atoms with Crippen molar-refractivity contribution in [1.82, 2.24) is 4.72 Å². The summed E-state index contributed by atoms with van der Waals surface area (Å²) in [5, 5.41) is 5.49. The Balaban J connectivity index is 0.000000157. The third-order valence-corrected chi connectivity index (χ3v) is 18.1. The number of hydrogen-bond donors (Lipinski definition) is 3. The van der Waals surface area contributed by atoms with Crippen LogP contribution in [0.15, 0.2) is 178 Å². The number of halogens is 4.